The van der Waals surface area contributed by atoms with E-state index in [1.165, 1.54) is 5.56 Å². The SMILES string of the molecule is CCCOc1cc(C)ccc1CNC(=NC)NCc1ccc(-n2ccnc2)nc1. The molecule has 0 atom stereocenters. The van der Waals surface area contributed by atoms with Gasteiger partial charge in [0.25, 0.3) is 0 Å². The Kier molecular flexibility index (Phi) is 7.22. The molecule has 7 nitrogen and oxygen atoms in total. The molecule has 0 aliphatic heterocycles. The lowest BCUT2D eigenvalue weighted by Crippen LogP contribution is -2.36. The van der Waals surface area contributed by atoms with E-state index in [1.54, 1.807) is 19.6 Å². The summed E-state index contributed by atoms with van der Waals surface area (Å²) in [5.41, 5.74) is 3.37. The van der Waals surface area contributed by atoms with E-state index in [1.807, 2.05) is 29.1 Å². The summed E-state index contributed by atoms with van der Waals surface area (Å²) in [5.74, 6) is 2.49. The Morgan fingerprint density at radius 3 is 2.72 bits per heavy atom. The van der Waals surface area contributed by atoms with E-state index in [-0.39, 0.29) is 0 Å². The molecule has 0 spiro atoms. The van der Waals surface area contributed by atoms with Crippen molar-refractivity contribution in [2.75, 3.05) is 13.7 Å². The van der Waals surface area contributed by atoms with Gasteiger partial charge in [-0.3, -0.25) is 9.56 Å². The van der Waals surface area contributed by atoms with Gasteiger partial charge in [0, 0.05) is 44.3 Å². The van der Waals surface area contributed by atoms with Crippen LogP contribution >= 0.6 is 0 Å². The third-order valence-electron chi connectivity index (χ3n) is 4.39. The van der Waals surface area contributed by atoms with Gasteiger partial charge in [0.2, 0.25) is 0 Å². The van der Waals surface area contributed by atoms with Crippen LogP contribution in [-0.2, 0) is 13.1 Å². The van der Waals surface area contributed by atoms with Crippen LogP contribution in [-0.4, -0.2) is 34.1 Å². The number of pyridine rings is 1. The summed E-state index contributed by atoms with van der Waals surface area (Å²) >= 11 is 0. The summed E-state index contributed by atoms with van der Waals surface area (Å²) in [5, 5.41) is 6.68. The summed E-state index contributed by atoms with van der Waals surface area (Å²) in [6, 6.07) is 10.3. The highest BCUT2D eigenvalue weighted by Crippen LogP contribution is 2.20. The lowest BCUT2D eigenvalue weighted by Gasteiger charge is -2.15. The number of imidazole rings is 1. The van der Waals surface area contributed by atoms with E-state index in [0.29, 0.717) is 19.7 Å². The monoisotopic (exact) mass is 392 g/mol. The number of hydrogen-bond acceptors (Lipinski definition) is 4. The van der Waals surface area contributed by atoms with Crippen molar-refractivity contribution in [3.63, 3.8) is 0 Å². The van der Waals surface area contributed by atoms with E-state index in [0.717, 1.165) is 35.1 Å². The molecule has 0 fully saturated rings. The topological polar surface area (TPSA) is 76.4 Å². The minimum Gasteiger partial charge on any atom is -0.493 e. The van der Waals surface area contributed by atoms with Crippen molar-refractivity contribution in [2.45, 2.75) is 33.4 Å². The predicted octanol–water partition coefficient (Wildman–Crippen LogP) is 3.23. The maximum Gasteiger partial charge on any atom is 0.191 e. The maximum absolute atomic E-state index is 5.89. The Morgan fingerprint density at radius 2 is 2.03 bits per heavy atom. The number of rotatable bonds is 8. The number of nitrogens with zero attached hydrogens (tertiary/aromatic N) is 4. The lowest BCUT2D eigenvalue weighted by molar-refractivity contribution is 0.313. The fraction of sp³-hybridized carbons (Fsp3) is 0.318. The first kappa shape index (κ1) is 20.4. The molecule has 1 aromatic carbocycles. The second-order valence-corrected chi connectivity index (χ2v) is 6.73. The molecule has 152 valence electrons. The first-order valence-corrected chi connectivity index (χ1v) is 9.79. The highest BCUT2D eigenvalue weighted by molar-refractivity contribution is 5.79. The van der Waals surface area contributed by atoms with Gasteiger partial charge in [0.05, 0.1) is 6.61 Å². The van der Waals surface area contributed by atoms with Gasteiger partial charge in [-0.15, -0.1) is 0 Å². The van der Waals surface area contributed by atoms with Crippen LogP contribution in [0.3, 0.4) is 0 Å². The quantitative estimate of drug-likeness (QED) is 0.455. The molecule has 3 rings (SSSR count). The zero-order valence-corrected chi connectivity index (χ0v) is 17.2. The number of guanidine groups is 1. The Bertz CT molecular complexity index is 919. The number of benzene rings is 1. The van der Waals surface area contributed by atoms with Gasteiger partial charge < -0.3 is 15.4 Å². The van der Waals surface area contributed by atoms with Gasteiger partial charge in [-0.05, 0) is 36.6 Å². The highest BCUT2D eigenvalue weighted by Gasteiger charge is 2.06. The number of hydrogen-bond donors (Lipinski definition) is 2. The molecule has 3 aromatic rings. The fourth-order valence-corrected chi connectivity index (χ4v) is 2.81. The zero-order chi connectivity index (χ0) is 20.5. The van der Waals surface area contributed by atoms with Crippen molar-refractivity contribution in [1.82, 2.24) is 25.2 Å². The second-order valence-electron chi connectivity index (χ2n) is 6.73. The number of aryl methyl sites for hydroxylation is 1. The van der Waals surface area contributed by atoms with Crippen molar-refractivity contribution in [2.24, 2.45) is 4.99 Å². The molecule has 2 aromatic heterocycles. The van der Waals surface area contributed by atoms with Crippen molar-refractivity contribution >= 4 is 5.96 Å². The van der Waals surface area contributed by atoms with Crippen LogP contribution < -0.4 is 15.4 Å². The average molecular weight is 393 g/mol. The second kappa shape index (κ2) is 10.3. The molecule has 0 radical (unpaired) electrons. The van der Waals surface area contributed by atoms with E-state index < -0.39 is 0 Å². The molecule has 0 unspecified atom stereocenters. The molecule has 29 heavy (non-hydrogen) atoms. The molecule has 0 aliphatic carbocycles. The van der Waals surface area contributed by atoms with E-state index in [9.17, 15) is 0 Å². The third-order valence-corrected chi connectivity index (χ3v) is 4.39. The Hall–Kier alpha value is -3.35. The van der Waals surface area contributed by atoms with Crippen molar-refractivity contribution < 1.29 is 4.74 Å². The molecule has 7 heteroatoms. The van der Waals surface area contributed by atoms with E-state index in [2.05, 4.69) is 57.6 Å². The summed E-state index contributed by atoms with van der Waals surface area (Å²) in [4.78, 5) is 12.8. The lowest BCUT2D eigenvalue weighted by atomic mass is 10.1. The van der Waals surface area contributed by atoms with Gasteiger partial charge in [0.1, 0.15) is 17.9 Å². The first-order chi connectivity index (χ1) is 14.2. The smallest absolute Gasteiger partial charge is 0.191 e. The molecule has 0 saturated carbocycles. The molecule has 0 saturated heterocycles. The largest absolute Gasteiger partial charge is 0.493 e. The number of aromatic nitrogens is 3. The van der Waals surface area contributed by atoms with Gasteiger partial charge in [-0.2, -0.15) is 0 Å². The molecule has 0 amide bonds. The highest BCUT2D eigenvalue weighted by atomic mass is 16.5. The molecular weight excluding hydrogens is 364 g/mol. The van der Waals surface area contributed by atoms with Crippen molar-refractivity contribution in [1.29, 1.82) is 0 Å². The van der Waals surface area contributed by atoms with Crippen LogP contribution in [0.5, 0.6) is 5.75 Å². The van der Waals surface area contributed by atoms with Crippen LogP contribution in [0.15, 0.2) is 60.2 Å². The molecule has 0 aliphatic rings. The number of ether oxygens (including phenoxy) is 1. The maximum atomic E-state index is 5.89. The number of aliphatic imine (C=N–C) groups is 1. The van der Waals surface area contributed by atoms with Gasteiger partial charge in [-0.1, -0.05) is 25.1 Å². The van der Waals surface area contributed by atoms with Crippen LogP contribution in [0.4, 0.5) is 0 Å². The Balaban J connectivity index is 1.55. The zero-order valence-electron chi connectivity index (χ0n) is 17.2. The third kappa shape index (κ3) is 5.81. The minimum atomic E-state index is 0.629. The van der Waals surface area contributed by atoms with Crippen LogP contribution in [0.25, 0.3) is 5.82 Å². The standard InChI is InChI=1S/C22H28N6O/c1-4-11-29-20-12-17(2)5-7-19(20)15-27-22(23-3)26-14-18-6-8-21(25-13-18)28-10-9-24-16-28/h5-10,12-13,16H,4,11,14-15H2,1-3H3,(H2,23,26,27). The fourth-order valence-electron chi connectivity index (χ4n) is 2.81. The molecule has 2 heterocycles. The van der Waals surface area contributed by atoms with E-state index >= 15 is 0 Å². The molecule has 0 bridgehead atoms. The van der Waals surface area contributed by atoms with Gasteiger partial charge >= 0.3 is 0 Å². The summed E-state index contributed by atoms with van der Waals surface area (Å²) < 4.78 is 7.76. The van der Waals surface area contributed by atoms with Gasteiger partial charge in [0.15, 0.2) is 5.96 Å². The predicted molar refractivity (Wildman–Crippen MR) is 115 cm³/mol. The molecular formula is C22H28N6O. The minimum absolute atomic E-state index is 0.629. The average Bonchev–Trinajstić information content (AvgIpc) is 3.28. The summed E-state index contributed by atoms with van der Waals surface area (Å²) in [6.45, 7) is 6.16. The van der Waals surface area contributed by atoms with Crippen LogP contribution in [0, 0.1) is 6.92 Å². The van der Waals surface area contributed by atoms with Crippen molar-refractivity contribution in [3.05, 3.63) is 71.9 Å². The Labute approximate surface area is 171 Å². The summed E-state index contributed by atoms with van der Waals surface area (Å²) in [6.07, 6.45) is 8.18. The summed E-state index contributed by atoms with van der Waals surface area (Å²) in [7, 11) is 1.76. The number of nitrogens with one attached hydrogen (secondary N) is 2. The molecule has 2 N–H and O–H groups in total. The normalized spacial score (nSPS) is 11.3. The van der Waals surface area contributed by atoms with Crippen LogP contribution in [0.1, 0.15) is 30.0 Å². The first-order valence-electron chi connectivity index (χ1n) is 9.79. The van der Waals surface area contributed by atoms with Crippen LogP contribution in [0.2, 0.25) is 0 Å². The Morgan fingerprint density at radius 1 is 1.17 bits per heavy atom. The van der Waals surface area contributed by atoms with Crippen molar-refractivity contribution in [3.8, 4) is 11.6 Å². The van der Waals surface area contributed by atoms with E-state index in [4.69, 9.17) is 4.74 Å². The van der Waals surface area contributed by atoms with Gasteiger partial charge in [-0.25, -0.2) is 9.97 Å².